The largest absolute Gasteiger partial charge is 0.465 e. The number of sulfonamides is 1. The molecule has 2 aromatic carbocycles. The van der Waals surface area contributed by atoms with Crippen LogP contribution in [0.25, 0.3) is 0 Å². The Labute approximate surface area is 365 Å². The molecule has 2 rings (SSSR count). The predicted octanol–water partition coefficient (Wildman–Crippen LogP) is 11.9. The molecule has 386 valence electrons. The van der Waals surface area contributed by atoms with E-state index in [-0.39, 0.29) is 17.7 Å². The predicted molar refractivity (Wildman–Crippen MR) is 184 cm³/mol. The van der Waals surface area contributed by atoms with Gasteiger partial charge < -0.3 is 8.92 Å². The maximum Gasteiger partial charge on any atom is 0.438 e. The molecule has 0 aromatic heterocycles. The van der Waals surface area contributed by atoms with Crippen LogP contribution in [-0.2, 0) is 30.8 Å². The van der Waals surface area contributed by atoms with Gasteiger partial charge >= 0.3 is 82.6 Å². The summed E-state index contributed by atoms with van der Waals surface area (Å²) >= 11 is -2.66. The van der Waals surface area contributed by atoms with Crippen LogP contribution < -0.4 is 8.31 Å². The van der Waals surface area contributed by atoms with E-state index in [1.54, 1.807) is 37.0 Å². The molecule has 0 fully saturated rings. The van der Waals surface area contributed by atoms with Crippen LogP contribution in [0.2, 0.25) is 0 Å². The molecule has 0 amide bonds. The summed E-state index contributed by atoms with van der Waals surface area (Å²) in [5, 5.41) is 0. The van der Waals surface area contributed by atoms with Crippen molar-refractivity contribution in [3.8, 4) is 5.75 Å². The molecule has 0 spiro atoms. The molecule has 2 aromatic rings. The average molecular weight is 1060 g/mol. The number of aryl methyl sites for hydroxylation is 3. The molecule has 0 bridgehead atoms. The summed E-state index contributed by atoms with van der Waals surface area (Å²) in [6.45, 7) is 5.21. The van der Waals surface area contributed by atoms with Gasteiger partial charge in [0.05, 0.1) is 23.8 Å². The standard InChI is InChI=1S/C35H32F23NO6S2/c1-6-20(15-17(3)21-7-9-22(10-8-21)67(62,63)59-66(61)65-23-18(4)13-16(2)14-19(23)5)24(60)64-12-11-25(36,37)27(39,40)29(43,44)31(47,48)33(51,52)32(49,50)30(45,46)28(41,42)26(38,34(53,54)55)35(56,57)58/h7-10,13-14,17,20,59H,6,11-12,15H2,1-5H3. The lowest BCUT2D eigenvalue weighted by molar-refractivity contribution is -0.481. The van der Waals surface area contributed by atoms with E-state index in [0.29, 0.717) is 11.1 Å². The Hall–Kier alpha value is -3.84. The van der Waals surface area contributed by atoms with Gasteiger partial charge in [-0.1, -0.05) is 47.8 Å². The lowest BCUT2D eigenvalue weighted by atomic mass is 9.82. The second-order valence-electron chi connectivity index (χ2n) is 14.7. The van der Waals surface area contributed by atoms with E-state index in [9.17, 15) is 118 Å². The van der Waals surface area contributed by atoms with E-state index < -0.39 is 129 Å². The van der Waals surface area contributed by atoms with Crippen LogP contribution in [0.3, 0.4) is 0 Å². The summed E-state index contributed by atoms with van der Waals surface area (Å²) in [5.74, 6) is -75.5. The maximum absolute atomic E-state index is 14.4. The molecular weight excluding hydrogens is 1030 g/mol. The van der Waals surface area contributed by atoms with Crippen LogP contribution in [0.5, 0.6) is 5.75 Å². The van der Waals surface area contributed by atoms with Crippen molar-refractivity contribution >= 4 is 27.3 Å². The van der Waals surface area contributed by atoms with Crippen LogP contribution in [0.4, 0.5) is 101 Å². The van der Waals surface area contributed by atoms with Gasteiger partial charge in [-0.2, -0.15) is 101 Å². The summed E-state index contributed by atoms with van der Waals surface area (Å²) in [6, 6.07) is 7.58. The number of alkyl halides is 23. The first-order chi connectivity index (χ1) is 29.6. The summed E-state index contributed by atoms with van der Waals surface area (Å²) in [7, 11) is -4.55. The Kier molecular flexibility index (Phi) is 16.6. The molecule has 32 heteroatoms. The fourth-order valence-electron chi connectivity index (χ4n) is 6.00. The Balaban J connectivity index is 2.26. The number of ether oxygens (including phenoxy) is 1. The summed E-state index contributed by atoms with van der Waals surface area (Å²) in [6.07, 6.45) is -21.1. The number of carbonyl (C=O) groups excluding carboxylic acids is 1. The number of benzene rings is 2. The van der Waals surface area contributed by atoms with E-state index >= 15 is 0 Å². The molecular formula is C35H32F23NO6S2. The number of rotatable bonds is 21. The van der Waals surface area contributed by atoms with Gasteiger partial charge in [-0.05, 0) is 68.4 Å². The third kappa shape index (κ3) is 10.2. The Morgan fingerprint density at radius 3 is 1.42 bits per heavy atom. The van der Waals surface area contributed by atoms with E-state index in [2.05, 4.69) is 4.74 Å². The van der Waals surface area contributed by atoms with Crippen molar-refractivity contribution in [3.05, 3.63) is 58.7 Å². The maximum atomic E-state index is 14.4. The minimum Gasteiger partial charge on any atom is -0.465 e. The van der Waals surface area contributed by atoms with Crippen molar-refractivity contribution in [2.45, 2.75) is 130 Å². The van der Waals surface area contributed by atoms with Gasteiger partial charge in [0.15, 0.2) is 0 Å². The second kappa shape index (κ2) is 18.8. The molecule has 0 aliphatic rings. The van der Waals surface area contributed by atoms with Gasteiger partial charge in [-0.15, -0.1) is 0 Å². The minimum atomic E-state index is -9.58. The highest BCUT2D eigenvalue weighted by Crippen LogP contribution is 2.68. The van der Waals surface area contributed by atoms with Gasteiger partial charge in [0.2, 0.25) is 0 Å². The zero-order valence-corrected chi connectivity index (χ0v) is 35.5. The molecule has 0 aliphatic heterocycles. The summed E-state index contributed by atoms with van der Waals surface area (Å²) in [4.78, 5) is 12.1. The van der Waals surface area contributed by atoms with Crippen molar-refractivity contribution in [1.82, 2.24) is 4.13 Å². The van der Waals surface area contributed by atoms with Crippen LogP contribution in [0.15, 0.2) is 41.3 Å². The van der Waals surface area contributed by atoms with E-state index in [0.717, 1.165) is 29.8 Å². The average Bonchev–Trinajstić information content (AvgIpc) is 3.16. The topological polar surface area (TPSA) is 98.8 Å². The Morgan fingerprint density at radius 1 is 0.642 bits per heavy atom. The number of hydrogen-bond donors (Lipinski definition) is 1. The highest BCUT2D eigenvalue weighted by Gasteiger charge is 3.00. The van der Waals surface area contributed by atoms with E-state index in [1.165, 1.54) is 13.8 Å². The summed E-state index contributed by atoms with van der Waals surface area (Å²) < 4.78 is 366. The molecule has 0 saturated carbocycles. The molecule has 3 unspecified atom stereocenters. The molecule has 0 radical (unpaired) electrons. The molecule has 67 heavy (non-hydrogen) atoms. The number of nitrogens with one attached hydrogen (secondary N) is 1. The molecule has 3 atom stereocenters. The van der Waals surface area contributed by atoms with Crippen molar-refractivity contribution in [1.29, 1.82) is 0 Å². The van der Waals surface area contributed by atoms with Gasteiger partial charge in [0.1, 0.15) is 5.75 Å². The second-order valence-corrected chi connectivity index (χ2v) is 17.5. The van der Waals surface area contributed by atoms with Gasteiger partial charge in [0.25, 0.3) is 10.0 Å². The molecule has 0 saturated heterocycles. The first-order valence-electron chi connectivity index (χ1n) is 17.9. The van der Waals surface area contributed by atoms with Crippen LogP contribution in [0, 0.1) is 26.7 Å². The highest BCUT2D eigenvalue weighted by atomic mass is 32.3. The van der Waals surface area contributed by atoms with Crippen LogP contribution in [0.1, 0.15) is 61.3 Å². The molecule has 0 aliphatic carbocycles. The van der Waals surface area contributed by atoms with Crippen molar-refractivity contribution in [3.63, 3.8) is 0 Å². The quantitative estimate of drug-likeness (QED) is 0.0988. The number of hydrogen-bond acceptors (Lipinski definition) is 6. The number of esters is 1. The Bertz CT molecular complexity index is 2190. The molecule has 0 heterocycles. The third-order valence-electron chi connectivity index (χ3n) is 9.86. The highest BCUT2D eigenvalue weighted by molar-refractivity contribution is 8.00. The monoisotopic (exact) mass is 1060 g/mol. The van der Waals surface area contributed by atoms with Crippen LogP contribution in [-0.4, -0.2) is 90.6 Å². The van der Waals surface area contributed by atoms with Crippen LogP contribution >= 0.6 is 0 Å². The van der Waals surface area contributed by atoms with Crippen molar-refractivity contribution in [2.75, 3.05) is 6.61 Å². The first-order valence-corrected chi connectivity index (χ1v) is 20.5. The number of halogens is 23. The Morgan fingerprint density at radius 2 is 1.03 bits per heavy atom. The molecule has 1 N–H and O–H groups in total. The van der Waals surface area contributed by atoms with Crippen molar-refractivity contribution < 1.29 is 127 Å². The third-order valence-corrected chi connectivity index (χ3v) is 12.5. The molecule has 7 nitrogen and oxygen atoms in total. The number of carbonyl (C=O) groups is 1. The van der Waals surface area contributed by atoms with E-state index in [1.807, 2.05) is 0 Å². The fourth-order valence-corrected chi connectivity index (χ4v) is 8.15. The lowest BCUT2D eigenvalue weighted by Gasteiger charge is -2.46. The smallest absolute Gasteiger partial charge is 0.438 e. The lowest BCUT2D eigenvalue weighted by Crippen LogP contribution is -2.79. The van der Waals surface area contributed by atoms with E-state index in [4.69, 9.17) is 4.18 Å². The SMILES string of the molecule is CCC(CC(C)c1ccc(S(=O)(=O)NS(=O)Oc2c(C)cc(C)cc2C)cc1)C(=O)OCCC(F)(F)C(F)(F)C(F)(F)C(F)(F)C(F)(F)C(F)(F)C(F)(F)C(F)(F)C(F)(C(F)(F)F)C(F)(F)F. The van der Waals surface area contributed by atoms with Gasteiger partial charge in [0, 0.05) is 0 Å². The first kappa shape index (κ1) is 59.3. The summed E-state index contributed by atoms with van der Waals surface area (Å²) in [5.41, 5.74) is -7.04. The minimum absolute atomic E-state index is 0.111. The zero-order valence-electron chi connectivity index (χ0n) is 33.9. The zero-order chi connectivity index (χ0) is 53.0. The van der Waals surface area contributed by atoms with Crippen molar-refractivity contribution in [2.24, 2.45) is 5.92 Å². The van der Waals surface area contributed by atoms with Gasteiger partial charge in [-0.3, -0.25) is 4.79 Å². The normalized spacial score (nSPS) is 16.1. The fraction of sp³-hybridized carbons (Fsp3) is 0.629. The van der Waals surface area contributed by atoms with Gasteiger partial charge in [-0.25, -0.2) is 12.8 Å².